The summed E-state index contributed by atoms with van der Waals surface area (Å²) in [6.45, 7) is 0.761. The molecule has 16 heavy (non-hydrogen) atoms. The van der Waals surface area contributed by atoms with E-state index in [0.29, 0.717) is 19.8 Å². The molecule has 1 aliphatic rings. The SMILES string of the molecule is CC(N)(C(=O)NCC1CC(O)C1)C(F)(F)F. The number of amides is 1. The fourth-order valence-electron chi connectivity index (χ4n) is 1.42. The number of rotatable bonds is 3. The molecule has 1 fully saturated rings. The number of carbonyl (C=O) groups excluding carboxylic acids is 1. The molecule has 0 saturated heterocycles. The lowest BCUT2D eigenvalue weighted by Crippen LogP contribution is -2.62. The van der Waals surface area contributed by atoms with Crippen molar-refractivity contribution in [3.8, 4) is 0 Å². The van der Waals surface area contributed by atoms with Crippen LogP contribution in [0, 0.1) is 5.92 Å². The largest absolute Gasteiger partial charge is 0.415 e. The maximum absolute atomic E-state index is 12.3. The van der Waals surface area contributed by atoms with Crippen molar-refractivity contribution in [1.29, 1.82) is 0 Å². The van der Waals surface area contributed by atoms with Crippen LogP contribution >= 0.6 is 0 Å². The van der Waals surface area contributed by atoms with Gasteiger partial charge in [-0.2, -0.15) is 13.2 Å². The van der Waals surface area contributed by atoms with Gasteiger partial charge in [-0.15, -0.1) is 0 Å². The first kappa shape index (κ1) is 13.2. The third-order valence-corrected chi connectivity index (χ3v) is 2.82. The highest BCUT2D eigenvalue weighted by atomic mass is 19.4. The second-order valence-electron chi connectivity index (χ2n) is 4.40. The first-order chi connectivity index (χ1) is 7.14. The number of hydrogen-bond donors (Lipinski definition) is 3. The molecule has 0 heterocycles. The molecule has 0 bridgehead atoms. The van der Waals surface area contributed by atoms with Crippen molar-refractivity contribution in [3.63, 3.8) is 0 Å². The van der Waals surface area contributed by atoms with E-state index in [2.05, 4.69) is 5.32 Å². The van der Waals surface area contributed by atoms with E-state index in [1.807, 2.05) is 0 Å². The van der Waals surface area contributed by atoms with Crippen molar-refractivity contribution in [2.24, 2.45) is 11.7 Å². The Labute approximate surface area is 91.0 Å². The molecule has 0 aromatic heterocycles. The van der Waals surface area contributed by atoms with Gasteiger partial charge in [-0.25, -0.2) is 0 Å². The van der Waals surface area contributed by atoms with Crippen LogP contribution in [0.5, 0.6) is 0 Å². The molecule has 1 aliphatic carbocycles. The van der Waals surface area contributed by atoms with E-state index in [9.17, 15) is 18.0 Å². The highest BCUT2D eigenvalue weighted by molar-refractivity contribution is 5.86. The fraction of sp³-hybridized carbons (Fsp3) is 0.889. The molecular weight excluding hydrogens is 225 g/mol. The highest BCUT2D eigenvalue weighted by Gasteiger charge is 2.53. The lowest BCUT2D eigenvalue weighted by atomic mass is 9.82. The number of carbonyl (C=O) groups is 1. The summed E-state index contributed by atoms with van der Waals surface area (Å²) >= 11 is 0. The van der Waals surface area contributed by atoms with E-state index >= 15 is 0 Å². The number of halogens is 3. The van der Waals surface area contributed by atoms with Gasteiger partial charge < -0.3 is 16.2 Å². The molecule has 94 valence electrons. The molecule has 4 nitrogen and oxygen atoms in total. The van der Waals surface area contributed by atoms with Crippen molar-refractivity contribution in [2.75, 3.05) is 6.54 Å². The van der Waals surface area contributed by atoms with Gasteiger partial charge in [0.2, 0.25) is 5.91 Å². The summed E-state index contributed by atoms with van der Waals surface area (Å²) in [5, 5.41) is 11.1. The third-order valence-electron chi connectivity index (χ3n) is 2.82. The molecule has 1 unspecified atom stereocenters. The summed E-state index contributed by atoms with van der Waals surface area (Å²) in [6.07, 6.45) is -4.15. The number of hydrogen-bond acceptors (Lipinski definition) is 3. The minimum absolute atomic E-state index is 0.0444. The molecule has 0 aromatic rings. The summed E-state index contributed by atoms with van der Waals surface area (Å²) in [5.41, 5.74) is 2.06. The van der Waals surface area contributed by atoms with Crippen LogP contribution in [-0.2, 0) is 4.79 Å². The molecule has 0 aliphatic heterocycles. The minimum atomic E-state index is -4.77. The van der Waals surface area contributed by atoms with Crippen LogP contribution < -0.4 is 11.1 Å². The van der Waals surface area contributed by atoms with Crippen LogP contribution in [0.1, 0.15) is 19.8 Å². The lowest BCUT2D eigenvalue weighted by Gasteiger charge is -2.33. The van der Waals surface area contributed by atoms with Crippen LogP contribution in [0.25, 0.3) is 0 Å². The van der Waals surface area contributed by atoms with Crippen molar-refractivity contribution in [1.82, 2.24) is 5.32 Å². The first-order valence-corrected chi connectivity index (χ1v) is 4.96. The number of aliphatic hydroxyl groups is 1. The van der Waals surface area contributed by atoms with Gasteiger partial charge >= 0.3 is 6.18 Å². The van der Waals surface area contributed by atoms with Gasteiger partial charge in [0.05, 0.1) is 6.10 Å². The second-order valence-corrected chi connectivity index (χ2v) is 4.40. The van der Waals surface area contributed by atoms with Crippen LogP contribution in [0.4, 0.5) is 13.2 Å². The van der Waals surface area contributed by atoms with Crippen LogP contribution in [0.3, 0.4) is 0 Å². The molecule has 1 saturated carbocycles. The average Bonchev–Trinajstić information content (AvgIpc) is 2.07. The Hall–Kier alpha value is -0.820. The van der Waals surface area contributed by atoms with Crippen molar-refractivity contribution < 1.29 is 23.1 Å². The number of nitrogens with two attached hydrogens (primary N) is 1. The smallest absolute Gasteiger partial charge is 0.393 e. The van der Waals surface area contributed by atoms with Gasteiger partial charge in [-0.1, -0.05) is 0 Å². The van der Waals surface area contributed by atoms with E-state index in [0.717, 1.165) is 0 Å². The number of alkyl halides is 3. The molecule has 4 N–H and O–H groups in total. The zero-order chi connectivity index (χ0) is 12.6. The quantitative estimate of drug-likeness (QED) is 0.657. The Balaban J connectivity index is 2.40. The van der Waals surface area contributed by atoms with Gasteiger partial charge in [-0.3, -0.25) is 4.79 Å². The number of aliphatic hydroxyl groups excluding tert-OH is 1. The Morgan fingerprint density at radius 3 is 2.38 bits per heavy atom. The highest BCUT2D eigenvalue weighted by Crippen LogP contribution is 2.29. The van der Waals surface area contributed by atoms with Crippen LogP contribution in [-0.4, -0.2) is 35.4 Å². The topological polar surface area (TPSA) is 75.4 Å². The van der Waals surface area contributed by atoms with Crippen LogP contribution in [0.2, 0.25) is 0 Å². The van der Waals surface area contributed by atoms with Crippen LogP contribution in [0.15, 0.2) is 0 Å². The summed E-state index contributed by atoms with van der Waals surface area (Å²) in [5.74, 6) is -1.19. The third kappa shape index (κ3) is 2.65. The standard InChI is InChI=1S/C9H15F3N2O2/c1-8(13,9(10,11)12)7(16)14-4-5-2-6(15)3-5/h5-6,15H,2-4,13H2,1H3,(H,14,16). The van der Waals surface area contributed by atoms with Crippen molar-refractivity contribution in [3.05, 3.63) is 0 Å². The van der Waals surface area contributed by atoms with Gasteiger partial charge in [0.15, 0.2) is 5.54 Å². The Kier molecular flexibility index (Phi) is 3.49. The molecule has 0 spiro atoms. The summed E-state index contributed by atoms with van der Waals surface area (Å²) in [4.78, 5) is 11.2. The maximum Gasteiger partial charge on any atom is 0.415 e. The van der Waals surface area contributed by atoms with E-state index in [1.54, 1.807) is 0 Å². The number of nitrogens with one attached hydrogen (secondary N) is 1. The zero-order valence-corrected chi connectivity index (χ0v) is 8.84. The molecule has 7 heteroatoms. The summed E-state index contributed by atoms with van der Waals surface area (Å²) < 4.78 is 37.0. The minimum Gasteiger partial charge on any atom is -0.393 e. The van der Waals surface area contributed by atoms with Crippen molar-refractivity contribution >= 4 is 5.91 Å². The van der Waals surface area contributed by atoms with E-state index in [-0.39, 0.29) is 12.5 Å². The molecule has 1 rings (SSSR count). The predicted octanol–water partition coefficient (Wildman–Crippen LogP) is 0.153. The van der Waals surface area contributed by atoms with E-state index < -0.39 is 23.7 Å². The monoisotopic (exact) mass is 240 g/mol. The molecular formula is C9H15F3N2O2. The Bertz CT molecular complexity index is 272. The van der Waals surface area contributed by atoms with Gasteiger partial charge in [0.1, 0.15) is 0 Å². The van der Waals surface area contributed by atoms with Gasteiger partial charge in [0.25, 0.3) is 0 Å². The first-order valence-electron chi connectivity index (χ1n) is 4.96. The van der Waals surface area contributed by atoms with Gasteiger partial charge in [0, 0.05) is 6.54 Å². The predicted molar refractivity (Wildman–Crippen MR) is 50.4 cm³/mol. The second kappa shape index (κ2) is 4.21. The normalized spacial score (nSPS) is 29.1. The molecule has 0 aromatic carbocycles. The van der Waals surface area contributed by atoms with E-state index in [1.165, 1.54) is 0 Å². The summed E-state index contributed by atoms with van der Waals surface area (Å²) in [6, 6.07) is 0. The molecule has 1 amide bonds. The zero-order valence-electron chi connectivity index (χ0n) is 8.84. The molecule has 0 radical (unpaired) electrons. The maximum atomic E-state index is 12.3. The van der Waals surface area contributed by atoms with Gasteiger partial charge in [-0.05, 0) is 25.7 Å². The molecule has 1 atom stereocenters. The van der Waals surface area contributed by atoms with E-state index in [4.69, 9.17) is 10.8 Å². The fourth-order valence-corrected chi connectivity index (χ4v) is 1.42. The lowest BCUT2D eigenvalue weighted by molar-refractivity contribution is -0.187. The average molecular weight is 240 g/mol. The Morgan fingerprint density at radius 1 is 1.50 bits per heavy atom. The summed E-state index contributed by atoms with van der Waals surface area (Å²) in [7, 11) is 0. The van der Waals surface area contributed by atoms with Crippen molar-refractivity contribution in [2.45, 2.75) is 37.6 Å². The Morgan fingerprint density at radius 2 is 2.00 bits per heavy atom.